The smallest absolute Gasteiger partial charge is 0.282 e. The Balaban J connectivity index is 3.11. The Morgan fingerprint density at radius 3 is 2.67 bits per heavy atom. The summed E-state index contributed by atoms with van der Waals surface area (Å²) >= 11 is 5.63. The molecule has 98 valence electrons. The molecule has 0 unspecified atom stereocenters. The van der Waals surface area contributed by atoms with E-state index >= 15 is 0 Å². The highest BCUT2D eigenvalue weighted by Gasteiger charge is 2.24. The first-order valence-electron chi connectivity index (χ1n) is 4.80. The summed E-state index contributed by atoms with van der Waals surface area (Å²) in [7, 11) is 1.14. The maximum atomic E-state index is 12.1. The average molecular weight is 279 g/mol. The molecule has 8 heteroatoms. The molecule has 0 bridgehead atoms. The van der Waals surface area contributed by atoms with Crippen LogP contribution >= 0.6 is 11.6 Å². The van der Waals surface area contributed by atoms with Crippen molar-refractivity contribution in [2.24, 2.45) is 0 Å². The Kier molecular flexibility index (Phi) is 4.55. The monoisotopic (exact) mass is 278 g/mol. The second-order valence-corrected chi connectivity index (χ2v) is 3.93. The lowest BCUT2D eigenvalue weighted by Gasteiger charge is -2.16. The van der Waals surface area contributed by atoms with Crippen LogP contribution in [0.15, 0.2) is 18.2 Å². The van der Waals surface area contributed by atoms with E-state index in [9.17, 15) is 23.7 Å². The van der Waals surface area contributed by atoms with Gasteiger partial charge < -0.3 is 4.90 Å². The molecule has 1 aromatic carbocycles. The van der Waals surface area contributed by atoms with Gasteiger partial charge in [-0.3, -0.25) is 14.9 Å². The van der Waals surface area contributed by atoms with Crippen molar-refractivity contribution in [3.05, 3.63) is 38.9 Å². The fourth-order valence-corrected chi connectivity index (χ4v) is 1.51. The van der Waals surface area contributed by atoms with Crippen LogP contribution in [-0.2, 0) is 0 Å². The first-order valence-corrected chi connectivity index (χ1v) is 5.18. The van der Waals surface area contributed by atoms with Crippen LogP contribution in [0.1, 0.15) is 10.4 Å². The number of carbonyl (C=O) groups is 1. The molecule has 5 nitrogen and oxygen atoms in total. The van der Waals surface area contributed by atoms with Crippen LogP contribution in [0.4, 0.5) is 14.5 Å². The van der Waals surface area contributed by atoms with Gasteiger partial charge in [-0.2, -0.15) is 0 Å². The molecular weight excluding hydrogens is 270 g/mol. The molecule has 0 saturated heterocycles. The summed E-state index contributed by atoms with van der Waals surface area (Å²) in [6.45, 7) is -0.803. The zero-order chi connectivity index (χ0) is 13.9. The summed E-state index contributed by atoms with van der Waals surface area (Å²) in [5.41, 5.74) is -0.777. The highest BCUT2D eigenvalue weighted by atomic mass is 35.5. The maximum Gasteiger partial charge on any atom is 0.282 e. The SMILES string of the molecule is CN(CC(F)F)C(=O)c1cc(Cl)ccc1[N+](=O)[O-]. The van der Waals surface area contributed by atoms with Gasteiger partial charge in [0.05, 0.1) is 11.5 Å². The molecule has 0 saturated carbocycles. The van der Waals surface area contributed by atoms with E-state index < -0.39 is 29.5 Å². The Labute approximate surface area is 106 Å². The second kappa shape index (κ2) is 5.72. The van der Waals surface area contributed by atoms with E-state index in [2.05, 4.69) is 0 Å². The third-order valence-electron chi connectivity index (χ3n) is 2.14. The average Bonchev–Trinajstić information content (AvgIpc) is 2.26. The van der Waals surface area contributed by atoms with Crippen LogP contribution in [0.3, 0.4) is 0 Å². The van der Waals surface area contributed by atoms with Crippen LogP contribution in [0, 0.1) is 10.1 Å². The zero-order valence-electron chi connectivity index (χ0n) is 9.27. The summed E-state index contributed by atoms with van der Waals surface area (Å²) in [6, 6.07) is 3.40. The molecule has 0 aliphatic carbocycles. The first-order chi connectivity index (χ1) is 8.32. The number of amides is 1. The molecular formula is C10H9ClF2N2O3. The predicted octanol–water partition coefficient (Wildman–Crippen LogP) is 2.59. The molecule has 0 atom stereocenters. The van der Waals surface area contributed by atoms with Gasteiger partial charge in [-0.05, 0) is 12.1 Å². The highest BCUT2D eigenvalue weighted by Crippen LogP contribution is 2.24. The molecule has 0 heterocycles. The molecule has 0 radical (unpaired) electrons. The van der Waals surface area contributed by atoms with E-state index in [1.54, 1.807) is 0 Å². The molecule has 0 aliphatic heterocycles. The number of rotatable bonds is 4. The van der Waals surface area contributed by atoms with Gasteiger partial charge in [-0.25, -0.2) is 8.78 Å². The number of hydrogen-bond donors (Lipinski definition) is 0. The summed E-state index contributed by atoms with van der Waals surface area (Å²) in [5.74, 6) is -0.871. The fraction of sp³-hybridized carbons (Fsp3) is 0.300. The second-order valence-electron chi connectivity index (χ2n) is 3.50. The van der Waals surface area contributed by atoms with Crippen molar-refractivity contribution in [2.75, 3.05) is 13.6 Å². The van der Waals surface area contributed by atoms with Gasteiger partial charge in [-0.1, -0.05) is 11.6 Å². The van der Waals surface area contributed by atoms with Gasteiger partial charge in [-0.15, -0.1) is 0 Å². The summed E-state index contributed by atoms with van der Waals surface area (Å²) in [5, 5.41) is 10.8. The van der Waals surface area contributed by atoms with Gasteiger partial charge in [0.15, 0.2) is 0 Å². The lowest BCUT2D eigenvalue weighted by molar-refractivity contribution is -0.385. The molecule has 0 fully saturated rings. The molecule has 0 N–H and O–H groups in total. The van der Waals surface area contributed by atoms with Crippen molar-refractivity contribution in [1.29, 1.82) is 0 Å². The molecule has 0 spiro atoms. The number of nitro benzene ring substituents is 1. The quantitative estimate of drug-likeness (QED) is 0.628. The number of halogens is 3. The molecule has 0 aliphatic rings. The normalized spacial score (nSPS) is 10.5. The lowest BCUT2D eigenvalue weighted by Crippen LogP contribution is -2.31. The lowest BCUT2D eigenvalue weighted by atomic mass is 10.1. The number of alkyl halides is 2. The molecule has 1 aromatic rings. The molecule has 0 aromatic heterocycles. The van der Waals surface area contributed by atoms with Crippen LogP contribution in [0.2, 0.25) is 5.02 Å². The van der Waals surface area contributed by atoms with Gasteiger partial charge >= 0.3 is 0 Å². The Morgan fingerprint density at radius 2 is 2.17 bits per heavy atom. The number of hydrogen-bond acceptors (Lipinski definition) is 3. The van der Waals surface area contributed by atoms with Crippen LogP contribution in [-0.4, -0.2) is 35.7 Å². The third-order valence-corrected chi connectivity index (χ3v) is 2.38. The zero-order valence-corrected chi connectivity index (χ0v) is 10.0. The standard InChI is InChI=1S/C10H9ClF2N2O3/c1-14(5-9(12)13)10(16)7-4-6(11)2-3-8(7)15(17)18/h2-4,9H,5H2,1H3. The van der Waals surface area contributed by atoms with Crippen LogP contribution in [0.25, 0.3) is 0 Å². The summed E-state index contributed by atoms with van der Waals surface area (Å²) < 4.78 is 24.3. The van der Waals surface area contributed by atoms with E-state index in [-0.39, 0.29) is 10.6 Å². The van der Waals surface area contributed by atoms with Crippen molar-refractivity contribution in [3.8, 4) is 0 Å². The Hall–Kier alpha value is -1.76. The van der Waals surface area contributed by atoms with Gasteiger partial charge in [0.25, 0.3) is 18.0 Å². The van der Waals surface area contributed by atoms with Crippen molar-refractivity contribution < 1.29 is 18.5 Å². The van der Waals surface area contributed by atoms with E-state index in [4.69, 9.17) is 11.6 Å². The van der Waals surface area contributed by atoms with Crippen LogP contribution < -0.4 is 0 Å². The minimum atomic E-state index is -2.71. The Bertz CT molecular complexity index is 482. The summed E-state index contributed by atoms with van der Waals surface area (Å²) in [4.78, 5) is 22.5. The third kappa shape index (κ3) is 3.36. The van der Waals surface area contributed by atoms with Crippen molar-refractivity contribution in [2.45, 2.75) is 6.43 Å². The first kappa shape index (κ1) is 14.3. The van der Waals surface area contributed by atoms with Crippen molar-refractivity contribution in [1.82, 2.24) is 4.90 Å². The molecule has 1 amide bonds. The number of benzene rings is 1. The number of carbonyl (C=O) groups excluding carboxylic acids is 1. The van der Waals surface area contributed by atoms with Gasteiger partial charge in [0.2, 0.25) is 0 Å². The molecule has 18 heavy (non-hydrogen) atoms. The predicted molar refractivity (Wildman–Crippen MR) is 61.1 cm³/mol. The minimum Gasteiger partial charge on any atom is -0.336 e. The number of nitro groups is 1. The minimum absolute atomic E-state index is 0.120. The Morgan fingerprint density at radius 1 is 1.56 bits per heavy atom. The topological polar surface area (TPSA) is 63.5 Å². The van der Waals surface area contributed by atoms with E-state index in [1.807, 2.05) is 0 Å². The highest BCUT2D eigenvalue weighted by molar-refractivity contribution is 6.31. The summed E-state index contributed by atoms with van der Waals surface area (Å²) in [6.07, 6.45) is -2.71. The van der Waals surface area contributed by atoms with Gasteiger partial charge in [0.1, 0.15) is 5.56 Å². The van der Waals surface area contributed by atoms with Gasteiger partial charge in [0, 0.05) is 18.1 Å². The molecule has 1 rings (SSSR count). The van der Waals surface area contributed by atoms with E-state index in [1.165, 1.54) is 6.07 Å². The maximum absolute atomic E-state index is 12.1. The fourth-order valence-electron chi connectivity index (χ4n) is 1.33. The number of nitrogens with zero attached hydrogens (tertiary/aromatic N) is 2. The van der Waals surface area contributed by atoms with E-state index in [0.29, 0.717) is 4.90 Å². The van der Waals surface area contributed by atoms with Crippen LogP contribution in [0.5, 0.6) is 0 Å². The van der Waals surface area contributed by atoms with E-state index in [0.717, 1.165) is 19.2 Å². The van der Waals surface area contributed by atoms with Crippen molar-refractivity contribution >= 4 is 23.2 Å². The largest absolute Gasteiger partial charge is 0.336 e. The van der Waals surface area contributed by atoms with Crippen molar-refractivity contribution in [3.63, 3.8) is 0 Å².